The number of thiophene rings is 1. The molecule has 1 N–H and O–H groups in total. The van der Waals surface area contributed by atoms with E-state index in [1.165, 1.54) is 0 Å². The lowest BCUT2D eigenvalue weighted by atomic mass is 10.3. The first kappa shape index (κ1) is 14.8. The predicted molar refractivity (Wildman–Crippen MR) is 96.0 cm³/mol. The average Bonchev–Trinajstić information content (AvgIpc) is 3.31. The van der Waals surface area contributed by atoms with E-state index in [1.54, 1.807) is 18.4 Å². The quantitative estimate of drug-likeness (QED) is 0.931. The Hall–Kier alpha value is -2.80. The molecule has 0 saturated carbocycles. The fraction of sp³-hybridized carbons (Fsp3) is 0.176. The van der Waals surface area contributed by atoms with Crippen molar-refractivity contribution >= 4 is 23.2 Å². The van der Waals surface area contributed by atoms with Crippen LogP contribution in [0.3, 0.4) is 0 Å². The van der Waals surface area contributed by atoms with Crippen molar-refractivity contribution in [1.82, 2.24) is 20.0 Å². The first-order valence-electron chi connectivity index (χ1n) is 7.54. The second-order valence-electron chi connectivity index (χ2n) is 5.46. The van der Waals surface area contributed by atoms with E-state index in [9.17, 15) is 0 Å². The molecule has 0 amide bonds. The Kier molecular flexibility index (Phi) is 3.70. The number of aliphatic imine (C=N–C) groups is 1. The summed E-state index contributed by atoms with van der Waals surface area (Å²) in [5.41, 5.74) is 5.35. The zero-order valence-corrected chi connectivity index (χ0v) is 14.2. The highest BCUT2D eigenvalue weighted by Gasteiger charge is 2.28. The molecule has 0 radical (unpaired) electrons. The van der Waals surface area contributed by atoms with Crippen molar-refractivity contribution in [2.75, 3.05) is 7.11 Å². The highest BCUT2D eigenvalue weighted by atomic mass is 32.1. The molecule has 6 nitrogen and oxygen atoms in total. The molecule has 1 unspecified atom stereocenters. The third-order valence-corrected chi connectivity index (χ3v) is 4.57. The van der Waals surface area contributed by atoms with Crippen molar-refractivity contribution in [3.63, 3.8) is 0 Å². The van der Waals surface area contributed by atoms with E-state index in [2.05, 4.69) is 32.2 Å². The van der Waals surface area contributed by atoms with E-state index >= 15 is 0 Å². The lowest BCUT2D eigenvalue weighted by Gasteiger charge is -2.24. The molecule has 0 aliphatic carbocycles. The Labute approximate surface area is 144 Å². The van der Waals surface area contributed by atoms with E-state index < -0.39 is 0 Å². The summed E-state index contributed by atoms with van der Waals surface area (Å²) in [6.45, 7) is 0. The molecule has 0 fully saturated rings. The molecule has 2 aromatic heterocycles. The number of allylic oxidation sites excluding steroid dienone is 2. The normalized spacial score (nSPS) is 19.2. The van der Waals surface area contributed by atoms with Crippen LogP contribution in [0, 0.1) is 0 Å². The third-order valence-electron chi connectivity index (χ3n) is 3.89. The molecule has 7 heteroatoms. The van der Waals surface area contributed by atoms with Gasteiger partial charge in [-0.2, -0.15) is 11.3 Å². The van der Waals surface area contributed by atoms with Crippen LogP contribution in [0.15, 0.2) is 58.2 Å². The number of ether oxygens (including phenoxy) is 1. The van der Waals surface area contributed by atoms with Crippen LogP contribution < -0.4 is 5.43 Å². The minimum atomic E-state index is -0.151. The van der Waals surface area contributed by atoms with Crippen molar-refractivity contribution in [2.24, 2.45) is 12.0 Å². The Morgan fingerprint density at radius 3 is 3.08 bits per heavy atom. The standard InChI is InChI=1S/C17H17N5OS/c1-21-10-13(12-7-9-24-11-12)18-16(21)6-5-15-19-17-14(23-2)4-3-8-22(17)20-15/h3-11,17H,1-2H3,(H,19,20)/b6-5-. The smallest absolute Gasteiger partial charge is 0.198 e. The maximum Gasteiger partial charge on any atom is 0.198 e. The van der Waals surface area contributed by atoms with Crippen molar-refractivity contribution in [3.05, 3.63) is 59.0 Å². The molecule has 24 heavy (non-hydrogen) atoms. The van der Waals surface area contributed by atoms with Gasteiger partial charge in [-0.15, -0.1) is 0 Å². The molecule has 1 atom stereocenters. The molecule has 2 aliphatic rings. The van der Waals surface area contributed by atoms with Gasteiger partial charge in [0.05, 0.1) is 12.8 Å². The highest BCUT2D eigenvalue weighted by molar-refractivity contribution is 7.08. The topological polar surface area (TPSA) is 54.7 Å². The maximum absolute atomic E-state index is 5.36. The summed E-state index contributed by atoms with van der Waals surface area (Å²) in [6.07, 6.45) is 11.6. The Morgan fingerprint density at radius 1 is 1.38 bits per heavy atom. The van der Waals surface area contributed by atoms with Crippen LogP contribution >= 0.6 is 11.3 Å². The summed E-state index contributed by atoms with van der Waals surface area (Å²) < 4.78 is 7.37. The molecule has 2 aromatic rings. The molecule has 0 spiro atoms. The zero-order chi connectivity index (χ0) is 16.5. The summed E-state index contributed by atoms with van der Waals surface area (Å²) >= 11 is 1.67. The Bertz CT molecular complexity index is 860. The SMILES string of the molecule is COC1=CC=CN2NC(/C=C\c3nc(-c4ccsc4)cn3C)=NC12. The van der Waals surface area contributed by atoms with Crippen molar-refractivity contribution in [3.8, 4) is 11.3 Å². The van der Waals surface area contributed by atoms with Gasteiger partial charge in [-0.1, -0.05) is 0 Å². The summed E-state index contributed by atoms with van der Waals surface area (Å²) in [4.78, 5) is 9.30. The fourth-order valence-electron chi connectivity index (χ4n) is 2.64. The molecule has 4 heterocycles. The number of hydrogen-bond donors (Lipinski definition) is 1. The minimum absolute atomic E-state index is 0.151. The van der Waals surface area contributed by atoms with Crippen molar-refractivity contribution < 1.29 is 4.74 Å². The lowest BCUT2D eigenvalue weighted by molar-refractivity contribution is 0.188. The van der Waals surface area contributed by atoms with Crippen molar-refractivity contribution in [1.29, 1.82) is 0 Å². The second-order valence-corrected chi connectivity index (χ2v) is 6.24. The van der Waals surface area contributed by atoms with Crippen LogP contribution in [0.2, 0.25) is 0 Å². The second kappa shape index (κ2) is 6.01. The number of imidazole rings is 1. The number of nitrogens with one attached hydrogen (secondary N) is 1. The summed E-state index contributed by atoms with van der Waals surface area (Å²) in [5.74, 6) is 2.46. The summed E-state index contributed by atoms with van der Waals surface area (Å²) in [5, 5.41) is 6.07. The molecule has 2 aliphatic heterocycles. The van der Waals surface area contributed by atoms with Gasteiger partial charge in [-0.05, 0) is 35.8 Å². The van der Waals surface area contributed by atoms with E-state index in [1.807, 2.05) is 53.3 Å². The van der Waals surface area contributed by atoms with Gasteiger partial charge < -0.3 is 9.30 Å². The van der Waals surface area contributed by atoms with E-state index in [0.717, 1.165) is 28.7 Å². The third kappa shape index (κ3) is 2.63. The van der Waals surface area contributed by atoms with Gasteiger partial charge in [-0.3, -0.25) is 10.4 Å². The van der Waals surface area contributed by atoms with Gasteiger partial charge in [0.25, 0.3) is 0 Å². The molecular formula is C17H17N5OS. The molecule has 0 bridgehead atoms. The number of aromatic nitrogens is 2. The first-order chi connectivity index (χ1) is 11.7. The summed E-state index contributed by atoms with van der Waals surface area (Å²) in [6, 6.07) is 2.08. The number of hydrazine groups is 1. The minimum Gasteiger partial charge on any atom is -0.497 e. The summed E-state index contributed by atoms with van der Waals surface area (Å²) in [7, 11) is 3.65. The van der Waals surface area contributed by atoms with Crippen LogP contribution in [-0.4, -0.2) is 33.7 Å². The first-order valence-corrected chi connectivity index (χ1v) is 8.48. The van der Waals surface area contributed by atoms with Gasteiger partial charge in [0.15, 0.2) is 6.17 Å². The highest BCUT2D eigenvalue weighted by Crippen LogP contribution is 2.22. The number of aryl methyl sites for hydroxylation is 1. The van der Waals surface area contributed by atoms with Gasteiger partial charge in [-0.25, -0.2) is 9.98 Å². The zero-order valence-electron chi connectivity index (χ0n) is 13.4. The van der Waals surface area contributed by atoms with Gasteiger partial charge in [0.1, 0.15) is 17.4 Å². The predicted octanol–water partition coefficient (Wildman–Crippen LogP) is 2.76. The Balaban J connectivity index is 1.54. The van der Waals surface area contributed by atoms with Crippen LogP contribution in [0.5, 0.6) is 0 Å². The number of nitrogens with zero attached hydrogens (tertiary/aromatic N) is 4. The maximum atomic E-state index is 5.36. The van der Waals surface area contributed by atoms with Crippen molar-refractivity contribution in [2.45, 2.75) is 6.17 Å². The van der Waals surface area contributed by atoms with Crippen LogP contribution in [0.1, 0.15) is 5.82 Å². The van der Waals surface area contributed by atoms with Crippen LogP contribution in [0.4, 0.5) is 0 Å². The number of hydrogen-bond acceptors (Lipinski definition) is 6. The van der Waals surface area contributed by atoms with E-state index in [0.29, 0.717) is 0 Å². The number of fused-ring (bicyclic) bond motifs is 1. The van der Waals surface area contributed by atoms with Crippen LogP contribution in [0.25, 0.3) is 17.3 Å². The van der Waals surface area contributed by atoms with E-state index in [-0.39, 0.29) is 6.17 Å². The van der Waals surface area contributed by atoms with Gasteiger partial charge in [0, 0.05) is 30.4 Å². The molecule has 4 rings (SSSR count). The van der Waals surface area contributed by atoms with Gasteiger partial charge >= 0.3 is 0 Å². The Morgan fingerprint density at radius 2 is 2.29 bits per heavy atom. The molecule has 122 valence electrons. The molecular weight excluding hydrogens is 322 g/mol. The molecule has 0 aromatic carbocycles. The number of methoxy groups -OCH3 is 1. The monoisotopic (exact) mass is 339 g/mol. The van der Waals surface area contributed by atoms with Crippen LogP contribution in [-0.2, 0) is 11.8 Å². The van der Waals surface area contributed by atoms with Gasteiger partial charge in [0.2, 0.25) is 0 Å². The average molecular weight is 339 g/mol. The number of amidine groups is 1. The van der Waals surface area contributed by atoms with E-state index in [4.69, 9.17) is 4.74 Å². The number of rotatable bonds is 4. The lowest BCUT2D eigenvalue weighted by Crippen LogP contribution is -2.38. The largest absolute Gasteiger partial charge is 0.497 e. The molecule has 0 saturated heterocycles. The fourth-order valence-corrected chi connectivity index (χ4v) is 3.29.